The highest BCUT2D eigenvalue weighted by atomic mass is 79.9. The predicted octanol–water partition coefficient (Wildman–Crippen LogP) is 4.02. The van der Waals surface area contributed by atoms with Crippen LogP contribution in [0.1, 0.15) is 42.0 Å². The summed E-state index contributed by atoms with van der Waals surface area (Å²) in [5, 5.41) is 3.47. The summed E-state index contributed by atoms with van der Waals surface area (Å²) in [6, 6.07) is 2.43. The topological polar surface area (TPSA) is 12.0 Å². The number of piperidine rings is 1. The van der Waals surface area contributed by atoms with Crippen LogP contribution >= 0.6 is 15.9 Å². The van der Waals surface area contributed by atoms with Crippen LogP contribution in [0, 0.1) is 19.7 Å². The van der Waals surface area contributed by atoms with Gasteiger partial charge in [-0.25, -0.2) is 4.39 Å². The molecule has 1 aliphatic heterocycles. The third-order valence-electron chi connectivity index (χ3n) is 3.36. The van der Waals surface area contributed by atoms with Crippen LogP contribution in [-0.4, -0.2) is 6.54 Å². The van der Waals surface area contributed by atoms with Crippen molar-refractivity contribution in [2.24, 2.45) is 0 Å². The maximum absolute atomic E-state index is 13.9. The average Bonchev–Trinajstić information content (AvgIpc) is 2.32. The van der Waals surface area contributed by atoms with Crippen molar-refractivity contribution in [2.45, 2.75) is 39.2 Å². The quantitative estimate of drug-likeness (QED) is 0.822. The summed E-state index contributed by atoms with van der Waals surface area (Å²) < 4.78 is 14.5. The van der Waals surface area contributed by atoms with E-state index in [0.717, 1.165) is 29.7 Å². The normalized spacial score (nSPS) is 21.1. The van der Waals surface area contributed by atoms with Gasteiger partial charge in [0.15, 0.2) is 0 Å². The van der Waals surface area contributed by atoms with Gasteiger partial charge in [-0.3, -0.25) is 0 Å². The number of rotatable bonds is 1. The van der Waals surface area contributed by atoms with Crippen LogP contribution in [0.5, 0.6) is 0 Å². The Balaban J connectivity index is 2.40. The number of nitrogens with one attached hydrogen (secondary N) is 1. The summed E-state index contributed by atoms with van der Waals surface area (Å²) in [4.78, 5) is 0. The Hall–Kier alpha value is -0.410. The fraction of sp³-hybridized carbons (Fsp3) is 0.538. The van der Waals surface area contributed by atoms with Crippen molar-refractivity contribution in [3.05, 3.63) is 33.0 Å². The van der Waals surface area contributed by atoms with Gasteiger partial charge in [-0.1, -0.05) is 12.5 Å². The molecule has 0 spiro atoms. The Morgan fingerprint density at radius 2 is 2.12 bits per heavy atom. The van der Waals surface area contributed by atoms with Gasteiger partial charge >= 0.3 is 0 Å². The molecule has 0 saturated carbocycles. The highest BCUT2D eigenvalue weighted by Gasteiger charge is 2.20. The van der Waals surface area contributed by atoms with E-state index < -0.39 is 0 Å². The molecule has 2 rings (SSSR count). The first-order valence-corrected chi connectivity index (χ1v) is 6.59. The maximum Gasteiger partial charge on any atom is 0.140 e. The minimum absolute atomic E-state index is 0.109. The van der Waals surface area contributed by atoms with Crippen LogP contribution < -0.4 is 5.32 Å². The van der Waals surface area contributed by atoms with E-state index in [9.17, 15) is 4.39 Å². The van der Waals surface area contributed by atoms with Crippen molar-refractivity contribution < 1.29 is 4.39 Å². The molecule has 0 aromatic heterocycles. The lowest BCUT2D eigenvalue weighted by molar-refractivity contribution is 0.409. The Labute approximate surface area is 105 Å². The van der Waals surface area contributed by atoms with Crippen molar-refractivity contribution >= 4 is 15.9 Å². The summed E-state index contributed by atoms with van der Waals surface area (Å²) in [5.74, 6) is -0.109. The Kier molecular flexibility index (Phi) is 3.65. The fourth-order valence-corrected chi connectivity index (χ4v) is 2.76. The lowest BCUT2D eigenvalue weighted by atomic mass is 9.92. The van der Waals surface area contributed by atoms with Crippen LogP contribution in [0.15, 0.2) is 10.5 Å². The zero-order chi connectivity index (χ0) is 11.7. The molecule has 1 atom stereocenters. The zero-order valence-corrected chi connectivity index (χ0v) is 11.3. The monoisotopic (exact) mass is 285 g/mol. The van der Waals surface area contributed by atoms with E-state index in [1.807, 2.05) is 13.8 Å². The van der Waals surface area contributed by atoms with E-state index >= 15 is 0 Å². The van der Waals surface area contributed by atoms with Crippen LogP contribution in [-0.2, 0) is 0 Å². The molecule has 1 aromatic rings. The minimum atomic E-state index is -0.109. The number of benzene rings is 1. The van der Waals surface area contributed by atoms with Gasteiger partial charge < -0.3 is 5.32 Å². The molecule has 1 aliphatic rings. The first-order valence-electron chi connectivity index (χ1n) is 5.79. The molecule has 0 radical (unpaired) electrons. The molecule has 1 fully saturated rings. The first-order chi connectivity index (χ1) is 7.61. The summed E-state index contributed by atoms with van der Waals surface area (Å²) in [6.07, 6.45) is 3.57. The van der Waals surface area contributed by atoms with Gasteiger partial charge in [0.25, 0.3) is 0 Å². The molecule has 16 heavy (non-hydrogen) atoms. The molecule has 0 bridgehead atoms. The van der Waals surface area contributed by atoms with Crippen LogP contribution in [0.2, 0.25) is 0 Å². The van der Waals surface area contributed by atoms with E-state index in [4.69, 9.17) is 0 Å². The summed E-state index contributed by atoms with van der Waals surface area (Å²) in [5.41, 5.74) is 2.88. The smallest absolute Gasteiger partial charge is 0.140 e. The molecular weight excluding hydrogens is 269 g/mol. The Morgan fingerprint density at radius 1 is 1.38 bits per heavy atom. The third kappa shape index (κ3) is 2.16. The highest BCUT2D eigenvalue weighted by molar-refractivity contribution is 9.10. The van der Waals surface area contributed by atoms with Gasteiger partial charge in [0.1, 0.15) is 5.82 Å². The van der Waals surface area contributed by atoms with Crippen molar-refractivity contribution in [1.82, 2.24) is 5.32 Å². The van der Waals surface area contributed by atoms with Gasteiger partial charge in [-0.05, 0) is 65.9 Å². The molecule has 88 valence electrons. The molecule has 1 aromatic carbocycles. The van der Waals surface area contributed by atoms with Crippen LogP contribution in [0.25, 0.3) is 0 Å². The molecule has 0 aliphatic carbocycles. The minimum Gasteiger partial charge on any atom is -0.310 e. The van der Waals surface area contributed by atoms with Crippen molar-refractivity contribution in [3.63, 3.8) is 0 Å². The first kappa shape index (κ1) is 12.1. The molecule has 1 N–H and O–H groups in total. The molecule has 3 heteroatoms. The van der Waals surface area contributed by atoms with Crippen molar-refractivity contribution in [1.29, 1.82) is 0 Å². The lowest BCUT2D eigenvalue weighted by Gasteiger charge is -2.26. The van der Waals surface area contributed by atoms with Gasteiger partial charge in [0.05, 0.1) is 4.47 Å². The third-order valence-corrected chi connectivity index (χ3v) is 4.33. The molecule has 0 amide bonds. The van der Waals surface area contributed by atoms with Gasteiger partial charge in [0, 0.05) is 6.04 Å². The number of halogens is 2. The molecule has 1 nitrogen and oxygen atoms in total. The SMILES string of the molecule is Cc1cc(C2CCCCN2)c(C)c(F)c1Br. The second-order valence-corrected chi connectivity index (χ2v) is 5.33. The largest absolute Gasteiger partial charge is 0.310 e. The molecule has 1 unspecified atom stereocenters. The summed E-state index contributed by atoms with van der Waals surface area (Å²) in [7, 11) is 0. The Morgan fingerprint density at radius 3 is 2.75 bits per heavy atom. The number of hydrogen-bond donors (Lipinski definition) is 1. The van der Waals surface area contributed by atoms with E-state index in [-0.39, 0.29) is 5.82 Å². The van der Waals surface area contributed by atoms with E-state index in [1.165, 1.54) is 12.8 Å². The number of aryl methyl sites for hydroxylation is 1. The van der Waals surface area contributed by atoms with Crippen LogP contribution in [0.4, 0.5) is 4.39 Å². The summed E-state index contributed by atoms with van der Waals surface area (Å²) >= 11 is 3.29. The van der Waals surface area contributed by atoms with Crippen LogP contribution in [0.3, 0.4) is 0 Å². The van der Waals surface area contributed by atoms with Gasteiger partial charge in [-0.15, -0.1) is 0 Å². The van der Waals surface area contributed by atoms with E-state index in [1.54, 1.807) is 0 Å². The van der Waals surface area contributed by atoms with Crippen molar-refractivity contribution in [2.75, 3.05) is 6.54 Å². The average molecular weight is 286 g/mol. The predicted molar refractivity (Wildman–Crippen MR) is 68.2 cm³/mol. The zero-order valence-electron chi connectivity index (χ0n) is 9.74. The highest BCUT2D eigenvalue weighted by Crippen LogP contribution is 2.32. The number of hydrogen-bond acceptors (Lipinski definition) is 1. The second kappa shape index (κ2) is 4.84. The van der Waals surface area contributed by atoms with E-state index in [2.05, 4.69) is 27.3 Å². The maximum atomic E-state index is 13.9. The van der Waals surface area contributed by atoms with E-state index in [0.29, 0.717) is 10.5 Å². The summed E-state index contributed by atoms with van der Waals surface area (Å²) in [6.45, 7) is 4.85. The molecule has 1 saturated heterocycles. The molecule has 1 heterocycles. The Bertz CT molecular complexity index is 397. The molecular formula is C13H17BrFN. The second-order valence-electron chi connectivity index (χ2n) is 4.54. The lowest BCUT2D eigenvalue weighted by Crippen LogP contribution is -2.27. The standard InChI is InChI=1S/C13H17BrFN/c1-8-7-10(9(2)13(15)12(8)14)11-5-3-4-6-16-11/h7,11,16H,3-6H2,1-2H3. The van der Waals surface area contributed by atoms with Gasteiger partial charge in [0.2, 0.25) is 0 Å². The van der Waals surface area contributed by atoms with Gasteiger partial charge in [-0.2, -0.15) is 0 Å². The fourth-order valence-electron chi connectivity index (χ4n) is 2.35. The van der Waals surface area contributed by atoms with Crippen molar-refractivity contribution in [3.8, 4) is 0 Å².